The van der Waals surface area contributed by atoms with Crippen LogP contribution in [-0.2, 0) is 4.79 Å². The number of carbonyl (C=O) groups is 1. The van der Waals surface area contributed by atoms with E-state index in [9.17, 15) is 4.79 Å². The van der Waals surface area contributed by atoms with Gasteiger partial charge in [0.25, 0.3) is 0 Å². The van der Waals surface area contributed by atoms with E-state index < -0.39 is 5.41 Å². The topological polar surface area (TPSA) is 101 Å². The summed E-state index contributed by atoms with van der Waals surface area (Å²) in [6.45, 7) is 7.17. The van der Waals surface area contributed by atoms with Crippen molar-refractivity contribution in [3.63, 3.8) is 0 Å². The van der Waals surface area contributed by atoms with Gasteiger partial charge in [-0.05, 0) is 13.8 Å². The van der Waals surface area contributed by atoms with Gasteiger partial charge < -0.3 is 21.3 Å². The van der Waals surface area contributed by atoms with E-state index in [0.717, 1.165) is 31.3 Å². The van der Waals surface area contributed by atoms with Crippen LogP contribution >= 0.6 is 11.3 Å². The predicted molar refractivity (Wildman–Crippen MR) is 85.4 cm³/mol. The van der Waals surface area contributed by atoms with Crippen molar-refractivity contribution in [3.8, 4) is 0 Å². The van der Waals surface area contributed by atoms with Gasteiger partial charge in [0.1, 0.15) is 0 Å². The van der Waals surface area contributed by atoms with Crippen molar-refractivity contribution in [2.75, 3.05) is 37.6 Å². The zero-order valence-corrected chi connectivity index (χ0v) is 13.3. The molecular formula is C13H22N6OS. The molecule has 0 atom stereocenters. The van der Waals surface area contributed by atoms with Crippen LogP contribution in [0.25, 0.3) is 0 Å². The molecule has 1 aromatic rings. The highest BCUT2D eigenvalue weighted by Crippen LogP contribution is 2.19. The number of nitrogens with zero attached hydrogens (tertiary/aromatic N) is 4. The SMILES string of the molecule is CC(C)(CN=C(N)N1CCN(c2nccs2)CC1)C(N)=O. The second kappa shape index (κ2) is 6.30. The van der Waals surface area contributed by atoms with E-state index in [1.807, 2.05) is 16.5 Å². The van der Waals surface area contributed by atoms with Crippen molar-refractivity contribution in [1.82, 2.24) is 9.88 Å². The fraction of sp³-hybridized carbons (Fsp3) is 0.615. The van der Waals surface area contributed by atoms with Gasteiger partial charge >= 0.3 is 0 Å². The van der Waals surface area contributed by atoms with Crippen molar-refractivity contribution in [2.45, 2.75) is 13.8 Å². The zero-order valence-electron chi connectivity index (χ0n) is 12.5. The molecule has 1 amide bonds. The first-order chi connectivity index (χ1) is 9.90. The molecule has 0 saturated carbocycles. The zero-order chi connectivity index (χ0) is 15.5. The Balaban J connectivity index is 1.88. The average molecular weight is 310 g/mol. The van der Waals surface area contributed by atoms with Crippen molar-refractivity contribution in [3.05, 3.63) is 11.6 Å². The highest BCUT2D eigenvalue weighted by Gasteiger charge is 2.25. The largest absolute Gasteiger partial charge is 0.370 e. The number of carbonyl (C=O) groups excluding carboxylic acids is 1. The summed E-state index contributed by atoms with van der Waals surface area (Å²) in [5, 5.41) is 3.02. The summed E-state index contributed by atoms with van der Waals surface area (Å²) in [5.41, 5.74) is 10.7. The molecule has 0 unspecified atom stereocenters. The summed E-state index contributed by atoms with van der Waals surface area (Å²) >= 11 is 1.64. The molecule has 0 aliphatic carbocycles. The molecule has 116 valence electrons. The number of nitrogens with two attached hydrogens (primary N) is 2. The first-order valence-corrected chi connectivity index (χ1v) is 7.77. The van der Waals surface area contributed by atoms with Crippen LogP contribution in [0.1, 0.15) is 13.8 Å². The normalized spacial score (nSPS) is 17.1. The van der Waals surface area contributed by atoms with Crippen LogP contribution in [0.4, 0.5) is 5.13 Å². The predicted octanol–water partition coefficient (Wildman–Crippen LogP) is 0.0913. The highest BCUT2D eigenvalue weighted by molar-refractivity contribution is 7.13. The molecule has 1 fully saturated rings. The maximum Gasteiger partial charge on any atom is 0.224 e. The molecule has 8 heteroatoms. The smallest absolute Gasteiger partial charge is 0.224 e. The van der Waals surface area contributed by atoms with Gasteiger partial charge in [-0.25, -0.2) is 4.98 Å². The molecule has 2 heterocycles. The number of guanidine groups is 1. The Morgan fingerprint density at radius 1 is 1.38 bits per heavy atom. The molecule has 0 bridgehead atoms. The van der Waals surface area contributed by atoms with Crippen LogP contribution in [0.3, 0.4) is 0 Å². The van der Waals surface area contributed by atoms with Gasteiger partial charge in [0.15, 0.2) is 11.1 Å². The minimum atomic E-state index is -0.673. The number of hydrogen-bond donors (Lipinski definition) is 2. The maximum absolute atomic E-state index is 11.3. The van der Waals surface area contributed by atoms with Gasteiger partial charge in [-0.15, -0.1) is 11.3 Å². The molecule has 1 aliphatic rings. The van der Waals surface area contributed by atoms with Gasteiger partial charge in [-0.2, -0.15) is 0 Å². The maximum atomic E-state index is 11.3. The second-order valence-electron chi connectivity index (χ2n) is 5.71. The van der Waals surface area contributed by atoms with E-state index in [4.69, 9.17) is 11.5 Å². The Labute approximate surface area is 128 Å². The molecule has 2 rings (SSSR count). The van der Waals surface area contributed by atoms with E-state index >= 15 is 0 Å². The van der Waals surface area contributed by atoms with Crippen molar-refractivity contribution >= 4 is 28.3 Å². The van der Waals surface area contributed by atoms with E-state index in [-0.39, 0.29) is 5.91 Å². The first-order valence-electron chi connectivity index (χ1n) is 6.89. The number of rotatable bonds is 4. The molecule has 0 radical (unpaired) electrons. The lowest BCUT2D eigenvalue weighted by atomic mass is 9.93. The third-order valence-electron chi connectivity index (χ3n) is 3.60. The Hall–Kier alpha value is -1.83. The number of piperazine rings is 1. The molecule has 1 saturated heterocycles. The van der Waals surface area contributed by atoms with Crippen LogP contribution in [-0.4, -0.2) is 54.5 Å². The molecule has 0 aromatic carbocycles. The standard InChI is InChI=1S/C13H22N6OS/c1-13(2,10(14)20)9-17-11(15)18-4-6-19(7-5-18)12-16-3-8-21-12/h3,8H,4-7,9H2,1-2H3,(H2,14,20)(H2,15,17). The summed E-state index contributed by atoms with van der Waals surface area (Å²) in [6, 6.07) is 0. The summed E-state index contributed by atoms with van der Waals surface area (Å²) in [4.78, 5) is 24.2. The molecule has 21 heavy (non-hydrogen) atoms. The summed E-state index contributed by atoms with van der Waals surface area (Å²) in [6.07, 6.45) is 1.81. The van der Waals surface area contributed by atoms with Crippen molar-refractivity contribution < 1.29 is 4.79 Å². The minimum absolute atomic E-state index is 0.306. The second-order valence-corrected chi connectivity index (χ2v) is 6.58. The molecule has 1 aliphatic heterocycles. The van der Waals surface area contributed by atoms with Gasteiger partial charge in [0.05, 0.1) is 12.0 Å². The Bertz CT molecular complexity index is 505. The van der Waals surface area contributed by atoms with Gasteiger partial charge in [0, 0.05) is 37.8 Å². The van der Waals surface area contributed by atoms with E-state index in [1.165, 1.54) is 0 Å². The van der Waals surface area contributed by atoms with Gasteiger partial charge in [-0.3, -0.25) is 9.79 Å². The Morgan fingerprint density at radius 2 is 2.05 bits per heavy atom. The van der Waals surface area contributed by atoms with Crippen LogP contribution in [0.15, 0.2) is 16.6 Å². The minimum Gasteiger partial charge on any atom is -0.370 e. The quantitative estimate of drug-likeness (QED) is 0.606. The number of amides is 1. The first kappa shape index (κ1) is 15.6. The summed E-state index contributed by atoms with van der Waals surface area (Å²) < 4.78 is 0. The monoisotopic (exact) mass is 310 g/mol. The molecule has 0 spiro atoms. The lowest BCUT2D eigenvalue weighted by Gasteiger charge is -2.35. The molecule has 4 N–H and O–H groups in total. The summed E-state index contributed by atoms with van der Waals surface area (Å²) in [5.74, 6) is 0.107. The van der Waals surface area contributed by atoms with Crippen LogP contribution in [0.2, 0.25) is 0 Å². The number of anilines is 1. The molecule has 1 aromatic heterocycles. The Kier molecular flexibility index (Phi) is 4.66. The van der Waals surface area contributed by atoms with E-state index in [2.05, 4.69) is 14.9 Å². The molecule has 7 nitrogen and oxygen atoms in total. The molecular weight excluding hydrogens is 288 g/mol. The van der Waals surface area contributed by atoms with Gasteiger partial charge in [-0.1, -0.05) is 0 Å². The highest BCUT2D eigenvalue weighted by atomic mass is 32.1. The fourth-order valence-electron chi connectivity index (χ4n) is 1.96. The van der Waals surface area contributed by atoms with Crippen molar-refractivity contribution in [2.24, 2.45) is 21.9 Å². The average Bonchev–Trinajstić information content (AvgIpc) is 2.99. The number of hydrogen-bond acceptors (Lipinski definition) is 5. The van der Waals surface area contributed by atoms with Crippen LogP contribution < -0.4 is 16.4 Å². The number of thiazole rings is 1. The number of aromatic nitrogens is 1. The third kappa shape index (κ3) is 3.84. The number of primary amides is 1. The third-order valence-corrected chi connectivity index (χ3v) is 4.43. The lowest BCUT2D eigenvalue weighted by Crippen LogP contribution is -2.51. The lowest BCUT2D eigenvalue weighted by molar-refractivity contribution is -0.125. The van der Waals surface area contributed by atoms with Gasteiger partial charge in [0.2, 0.25) is 5.91 Å². The van der Waals surface area contributed by atoms with Crippen molar-refractivity contribution in [1.29, 1.82) is 0 Å². The number of aliphatic imine (C=N–C) groups is 1. The van der Waals surface area contributed by atoms with Crippen LogP contribution in [0, 0.1) is 5.41 Å². The van der Waals surface area contributed by atoms with E-state index in [0.29, 0.717) is 12.5 Å². The fourth-order valence-corrected chi connectivity index (χ4v) is 2.65. The van der Waals surface area contributed by atoms with Crippen LogP contribution in [0.5, 0.6) is 0 Å². The Morgan fingerprint density at radius 3 is 2.57 bits per heavy atom. The van der Waals surface area contributed by atoms with E-state index in [1.54, 1.807) is 25.2 Å². The summed E-state index contributed by atoms with van der Waals surface area (Å²) in [7, 11) is 0.